The van der Waals surface area contributed by atoms with Crippen molar-refractivity contribution in [1.29, 1.82) is 0 Å². The van der Waals surface area contributed by atoms with Crippen LogP contribution in [-0.2, 0) is 0 Å². The van der Waals surface area contributed by atoms with Gasteiger partial charge < -0.3 is 4.74 Å². The van der Waals surface area contributed by atoms with E-state index in [9.17, 15) is 0 Å². The van der Waals surface area contributed by atoms with Gasteiger partial charge in [0.15, 0.2) is 4.96 Å². The van der Waals surface area contributed by atoms with Gasteiger partial charge in [0, 0.05) is 28.1 Å². The summed E-state index contributed by atoms with van der Waals surface area (Å²) in [6, 6.07) is 18.2. The summed E-state index contributed by atoms with van der Waals surface area (Å²) in [5, 5.41) is 5.20. The second-order valence-corrected chi connectivity index (χ2v) is 7.73. The van der Waals surface area contributed by atoms with Gasteiger partial charge in [-0.3, -0.25) is 4.40 Å². The minimum atomic E-state index is 0.848. The second kappa shape index (κ2) is 6.64. The van der Waals surface area contributed by atoms with Crippen LogP contribution in [0.3, 0.4) is 0 Å². The van der Waals surface area contributed by atoms with Crippen molar-refractivity contribution in [2.24, 2.45) is 0 Å². The first-order valence-electron chi connectivity index (χ1n) is 8.44. The molecular formula is C21H15N3OS2. The quantitative estimate of drug-likeness (QED) is 0.386. The van der Waals surface area contributed by atoms with Crippen molar-refractivity contribution < 1.29 is 4.74 Å². The number of hydrogen-bond acceptors (Lipinski definition) is 5. The number of hydrogen-bond donors (Lipinski definition) is 0. The van der Waals surface area contributed by atoms with Crippen LogP contribution in [0.1, 0.15) is 0 Å². The molecule has 0 fully saturated rings. The summed E-state index contributed by atoms with van der Waals surface area (Å²) in [6.45, 7) is 0. The van der Waals surface area contributed by atoms with Gasteiger partial charge >= 0.3 is 0 Å². The van der Waals surface area contributed by atoms with Crippen molar-refractivity contribution in [3.8, 4) is 39.0 Å². The standard InChI is InChI=1S/C21H15N3OS2/c1-25-16-9-7-15(8-10-16)18-12-26-20(22-18)19-13-27-21-23-17(11-24(19)21)14-5-3-2-4-6-14/h2-13H,1H3. The van der Waals surface area contributed by atoms with E-state index in [2.05, 4.69) is 33.5 Å². The summed E-state index contributed by atoms with van der Waals surface area (Å²) in [6.07, 6.45) is 2.09. The molecule has 0 aliphatic carbocycles. The van der Waals surface area contributed by atoms with Crippen molar-refractivity contribution in [2.75, 3.05) is 7.11 Å². The normalized spacial score (nSPS) is 11.1. The number of imidazole rings is 1. The van der Waals surface area contributed by atoms with Crippen LogP contribution in [0.25, 0.3) is 38.2 Å². The first-order valence-corrected chi connectivity index (χ1v) is 10.2. The van der Waals surface area contributed by atoms with Gasteiger partial charge in [0.25, 0.3) is 0 Å². The van der Waals surface area contributed by atoms with Gasteiger partial charge in [-0.15, -0.1) is 22.7 Å². The molecule has 132 valence electrons. The Kier molecular flexibility index (Phi) is 3.99. The third-order valence-corrected chi connectivity index (χ3v) is 6.09. The van der Waals surface area contributed by atoms with Gasteiger partial charge in [-0.2, -0.15) is 0 Å². The Bertz CT molecular complexity index is 1200. The Labute approximate surface area is 164 Å². The molecule has 6 heteroatoms. The number of rotatable bonds is 4. The molecule has 0 spiro atoms. The van der Waals surface area contributed by atoms with Crippen LogP contribution >= 0.6 is 22.7 Å². The minimum Gasteiger partial charge on any atom is -0.497 e. The maximum atomic E-state index is 5.23. The number of thiazole rings is 2. The lowest BCUT2D eigenvalue weighted by Crippen LogP contribution is -1.85. The molecule has 2 aromatic carbocycles. The lowest BCUT2D eigenvalue weighted by molar-refractivity contribution is 0.415. The van der Waals surface area contributed by atoms with Gasteiger partial charge in [-0.05, 0) is 24.3 Å². The fourth-order valence-corrected chi connectivity index (χ4v) is 4.75. The highest BCUT2D eigenvalue weighted by molar-refractivity contribution is 7.16. The molecule has 0 aliphatic rings. The molecule has 27 heavy (non-hydrogen) atoms. The van der Waals surface area contributed by atoms with Crippen LogP contribution in [0.15, 0.2) is 71.6 Å². The van der Waals surface area contributed by atoms with Crippen LogP contribution in [0.2, 0.25) is 0 Å². The van der Waals surface area contributed by atoms with Gasteiger partial charge in [-0.25, -0.2) is 9.97 Å². The summed E-state index contributed by atoms with van der Waals surface area (Å²) >= 11 is 3.28. The molecule has 4 nitrogen and oxygen atoms in total. The fraction of sp³-hybridized carbons (Fsp3) is 0.0476. The van der Waals surface area contributed by atoms with Crippen molar-refractivity contribution in [3.63, 3.8) is 0 Å². The number of aromatic nitrogens is 3. The first-order chi connectivity index (χ1) is 13.3. The number of fused-ring (bicyclic) bond motifs is 1. The SMILES string of the molecule is COc1ccc(-c2csc(-c3csc4nc(-c5ccccc5)cn34)n2)cc1. The summed E-state index contributed by atoms with van der Waals surface area (Å²) in [4.78, 5) is 10.6. The van der Waals surface area contributed by atoms with Gasteiger partial charge in [0.2, 0.25) is 0 Å². The van der Waals surface area contributed by atoms with E-state index >= 15 is 0 Å². The number of nitrogens with zero attached hydrogens (tertiary/aromatic N) is 3. The maximum Gasteiger partial charge on any atom is 0.194 e. The van der Waals surface area contributed by atoms with E-state index in [1.807, 2.05) is 42.5 Å². The zero-order valence-corrected chi connectivity index (χ0v) is 16.1. The number of ether oxygens (including phenoxy) is 1. The average molecular weight is 390 g/mol. The Morgan fingerprint density at radius 3 is 2.37 bits per heavy atom. The highest BCUT2D eigenvalue weighted by atomic mass is 32.1. The average Bonchev–Trinajstić information content (AvgIpc) is 3.44. The summed E-state index contributed by atoms with van der Waals surface area (Å²) < 4.78 is 7.36. The molecule has 5 aromatic rings. The van der Waals surface area contributed by atoms with Crippen LogP contribution < -0.4 is 4.74 Å². The van der Waals surface area contributed by atoms with E-state index in [0.717, 1.165) is 43.9 Å². The molecule has 0 unspecified atom stereocenters. The Hall–Kier alpha value is -2.96. The smallest absolute Gasteiger partial charge is 0.194 e. The summed E-state index contributed by atoms with van der Waals surface area (Å²) in [5.41, 5.74) is 5.24. The van der Waals surface area contributed by atoms with Crippen molar-refractivity contribution >= 4 is 27.6 Å². The van der Waals surface area contributed by atoms with Crippen LogP contribution in [-0.4, -0.2) is 21.5 Å². The van der Waals surface area contributed by atoms with E-state index in [-0.39, 0.29) is 0 Å². The lowest BCUT2D eigenvalue weighted by atomic mass is 10.2. The monoisotopic (exact) mass is 389 g/mol. The molecule has 0 atom stereocenters. The third kappa shape index (κ3) is 2.93. The molecule has 0 radical (unpaired) electrons. The van der Waals surface area contributed by atoms with Gasteiger partial charge in [0.1, 0.15) is 10.8 Å². The second-order valence-electron chi connectivity index (χ2n) is 6.03. The Morgan fingerprint density at radius 2 is 1.59 bits per heavy atom. The largest absolute Gasteiger partial charge is 0.497 e. The molecule has 0 aliphatic heterocycles. The molecule has 0 bridgehead atoms. The Morgan fingerprint density at radius 1 is 0.815 bits per heavy atom. The molecule has 5 rings (SSSR count). The van der Waals surface area contributed by atoms with Crippen LogP contribution in [0.5, 0.6) is 5.75 Å². The van der Waals surface area contributed by atoms with Crippen molar-refractivity contribution in [1.82, 2.24) is 14.4 Å². The fourth-order valence-electron chi connectivity index (χ4n) is 2.97. The van der Waals surface area contributed by atoms with Crippen molar-refractivity contribution in [2.45, 2.75) is 0 Å². The molecule has 0 saturated heterocycles. The summed E-state index contributed by atoms with van der Waals surface area (Å²) in [5.74, 6) is 0.848. The van der Waals surface area contributed by atoms with Crippen molar-refractivity contribution in [3.05, 3.63) is 71.6 Å². The third-order valence-electron chi connectivity index (χ3n) is 4.39. The minimum absolute atomic E-state index is 0.848. The van der Waals surface area contributed by atoms with E-state index in [4.69, 9.17) is 14.7 Å². The predicted molar refractivity (Wildman–Crippen MR) is 112 cm³/mol. The van der Waals surface area contributed by atoms with Crippen LogP contribution in [0.4, 0.5) is 0 Å². The predicted octanol–water partition coefficient (Wildman–Crippen LogP) is 5.86. The zero-order chi connectivity index (χ0) is 18.2. The van der Waals surface area contributed by atoms with E-state index in [1.165, 1.54) is 0 Å². The Balaban J connectivity index is 1.52. The first kappa shape index (κ1) is 16.2. The summed E-state index contributed by atoms with van der Waals surface area (Å²) in [7, 11) is 1.67. The van der Waals surface area contributed by atoms with Crippen LogP contribution in [0, 0.1) is 0 Å². The molecule has 3 aromatic heterocycles. The molecule has 3 heterocycles. The number of methoxy groups -OCH3 is 1. The number of benzene rings is 2. The van der Waals surface area contributed by atoms with E-state index in [1.54, 1.807) is 29.8 Å². The van der Waals surface area contributed by atoms with E-state index < -0.39 is 0 Å². The molecule has 0 saturated carbocycles. The highest BCUT2D eigenvalue weighted by Crippen LogP contribution is 2.33. The lowest BCUT2D eigenvalue weighted by Gasteiger charge is -2.00. The highest BCUT2D eigenvalue weighted by Gasteiger charge is 2.14. The molecule has 0 amide bonds. The van der Waals surface area contributed by atoms with Gasteiger partial charge in [0.05, 0.1) is 24.2 Å². The van der Waals surface area contributed by atoms with Gasteiger partial charge in [-0.1, -0.05) is 30.3 Å². The molecular weight excluding hydrogens is 374 g/mol. The van der Waals surface area contributed by atoms with E-state index in [0.29, 0.717) is 0 Å². The maximum absolute atomic E-state index is 5.23. The molecule has 0 N–H and O–H groups in total. The zero-order valence-electron chi connectivity index (χ0n) is 14.5. The topological polar surface area (TPSA) is 39.4 Å².